The van der Waals surface area contributed by atoms with Gasteiger partial charge in [0.25, 0.3) is 0 Å². The van der Waals surface area contributed by atoms with Crippen molar-refractivity contribution in [2.75, 3.05) is 0 Å². The SMILES string of the molecule is Cc1nc2ccccc2nc1CC(N)c1ccccc1. The molecule has 3 rings (SSSR count). The van der Waals surface area contributed by atoms with E-state index >= 15 is 0 Å². The van der Waals surface area contributed by atoms with Crippen LogP contribution in [0.2, 0.25) is 0 Å². The Labute approximate surface area is 118 Å². The van der Waals surface area contributed by atoms with Crippen LogP contribution in [-0.4, -0.2) is 9.97 Å². The molecule has 3 nitrogen and oxygen atoms in total. The Balaban J connectivity index is 1.92. The molecule has 2 aromatic carbocycles. The highest BCUT2D eigenvalue weighted by molar-refractivity contribution is 5.74. The van der Waals surface area contributed by atoms with Crippen LogP contribution >= 0.6 is 0 Å². The Kier molecular flexibility index (Phi) is 3.44. The average Bonchev–Trinajstić information content (AvgIpc) is 2.49. The van der Waals surface area contributed by atoms with E-state index in [0.717, 1.165) is 28.0 Å². The number of hydrogen-bond acceptors (Lipinski definition) is 3. The van der Waals surface area contributed by atoms with E-state index in [-0.39, 0.29) is 6.04 Å². The predicted molar refractivity (Wildman–Crippen MR) is 81.3 cm³/mol. The maximum Gasteiger partial charge on any atom is 0.0890 e. The monoisotopic (exact) mass is 263 g/mol. The molecular weight excluding hydrogens is 246 g/mol. The van der Waals surface area contributed by atoms with E-state index in [1.54, 1.807) is 0 Å². The van der Waals surface area contributed by atoms with E-state index in [2.05, 4.69) is 17.1 Å². The summed E-state index contributed by atoms with van der Waals surface area (Å²) in [6.45, 7) is 1.99. The standard InChI is InChI=1S/C17H17N3/c1-12-17(11-14(18)13-7-3-2-4-8-13)20-16-10-6-5-9-15(16)19-12/h2-10,14H,11,18H2,1H3. The Hall–Kier alpha value is -2.26. The first-order valence-electron chi connectivity index (χ1n) is 6.77. The van der Waals surface area contributed by atoms with Crippen LogP contribution in [0.1, 0.15) is 23.0 Å². The molecular formula is C17H17N3. The van der Waals surface area contributed by atoms with Crippen molar-refractivity contribution < 1.29 is 0 Å². The summed E-state index contributed by atoms with van der Waals surface area (Å²) in [4.78, 5) is 9.30. The summed E-state index contributed by atoms with van der Waals surface area (Å²) in [5.74, 6) is 0. The molecule has 1 aromatic heterocycles. The molecule has 0 saturated carbocycles. The molecule has 0 amide bonds. The highest BCUT2D eigenvalue weighted by Gasteiger charge is 2.11. The molecule has 0 aliphatic heterocycles. The van der Waals surface area contributed by atoms with Crippen LogP contribution in [0.5, 0.6) is 0 Å². The Morgan fingerprint density at radius 3 is 2.20 bits per heavy atom. The average molecular weight is 263 g/mol. The summed E-state index contributed by atoms with van der Waals surface area (Å²) in [5, 5.41) is 0. The van der Waals surface area contributed by atoms with E-state index in [0.29, 0.717) is 6.42 Å². The van der Waals surface area contributed by atoms with E-state index in [4.69, 9.17) is 10.7 Å². The van der Waals surface area contributed by atoms with Gasteiger partial charge in [0, 0.05) is 12.5 Å². The Bertz CT molecular complexity index is 723. The number of aryl methyl sites for hydroxylation is 1. The topological polar surface area (TPSA) is 51.8 Å². The van der Waals surface area contributed by atoms with Gasteiger partial charge in [0.2, 0.25) is 0 Å². The third-order valence-electron chi connectivity index (χ3n) is 3.48. The fourth-order valence-corrected chi connectivity index (χ4v) is 2.34. The molecule has 0 aliphatic rings. The number of nitrogens with zero attached hydrogens (tertiary/aromatic N) is 2. The Morgan fingerprint density at radius 1 is 0.900 bits per heavy atom. The quantitative estimate of drug-likeness (QED) is 0.789. The molecule has 0 saturated heterocycles. The van der Waals surface area contributed by atoms with Gasteiger partial charge in [0.15, 0.2) is 0 Å². The second-order valence-electron chi connectivity index (χ2n) is 4.97. The second-order valence-corrected chi connectivity index (χ2v) is 4.97. The molecule has 0 bridgehead atoms. The van der Waals surface area contributed by atoms with Crippen LogP contribution in [0.25, 0.3) is 11.0 Å². The number of hydrogen-bond donors (Lipinski definition) is 1. The maximum atomic E-state index is 6.27. The molecule has 3 heteroatoms. The fourth-order valence-electron chi connectivity index (χ4n) is 2.34. The molecule has 100 valence electrons. The van der Waals surface area contributed by atoms with Crippen molar-refractivity contribution in [3.8, 4) is 0 Å². The molecule has 20 heavy (non-hydrogen) atoms. The minimum Gasteiger partial charge on any atom is -0.324 e. The molecule has 1 unspecified atom stereocenters. The van der Waals surface area contributed by atoms with Gasteiger partial charge < -0.3 is 5.73 Å². The van der Waals surface area contributed by atoms with Crippen molar-refractivity contribution in [1.82, 2.24) is 9.97 Å². The summed E-state index contributed by atoms with van der Waals surface area (Å²) in [5.41, 5.74) is 11.2. The molecule has 1 atom stereocenters. The molecule has 0 radical (unpaired) electrons. The van der Waals surface area contributed by atoms with Crippen molar-refractivity contribution in [1.29, 1.82) is 0 Å². The van der Waals surface area contributed by atoms with Gasteiger partial charge in [-0.1, -0.05) is 42.5 Å². The third kappa shape index (κ3) is 2.53. The zero-order valence-electron chi connectivity index (χ0n) is 11.5. The first-order chi connectivity index (χ1) is 9.74. The van der Waals surface area contributed by atoms with Gasteiger partial charge in [-0.2, -0.15) is 0 Å². The Morgan fingerprint density at radius 2 is 1.50 bits per heavy atom. The molecule has 0 aliphatic carbocycles. The number of aromatic nitrogens is 2. The van der Waals surface area contributed by atoms with Crippen molar-refractivity contribution >= 4 is 11.0 Å². The van der Waals surface area contributed by atoms with Crippen LogP contribution < -0.4 is 5.73 Å². The first-order valence-corrected chi connectivity index (χ1v) is 6.77. The van der Waals surface area contributed by atoms with E-state index in [1.165, 1.54) is 0 Å². The zero-order chi connectivity index (χ0) is 13.9. The number of fused-ring (bicyclic) bond motifs is 1. The van der Waals surface area contributed by atoms with Crippen molar-refractivity contribution in [2.24, 2.45) is 5.73 Å². The number of rotatable bonds is 3. The van der Waals surface area contributed by atoms with E-state index in [9.17, 15) is 0 Å². The number of para-hydroxylation sites is 2. The van der Waals surface area contributed by atoms with E-state index < -0.39 is 0 Å². The lowest BCUT2D eigenvalue weighted by Crippen LogP contribution is -2.15. The van der Waals surface area contributed by atoms with Crippen molar-refractivity contribution in [3.63, 3.8) is 0 Å². The van der Waals surface area contributed by atoms with Gasteiger partial charge in [0.05, 0.1) is 22.4 Å². The second kappa shape index (κ2) is 5.39. The maximum absolute atomic E-state index is 6.27. The third-order valence-corrected chi connectivity index (χ3v) is 3.48. The predicted octanol–water partition coefficient (Wildman–Crippen LogP) is 3.18. The van der Waals surface area contributed by atoms with Crippen LogP contribution in [-0.2, 0) is 6.42 Å². The van der Waals surface area contributed by atoms with Gasteiger partial charge >= 0.3 is 0 Å². The summed E-state index contributed by atoms with van der Waals surface area (Å²) in [6, 6.07) is 18.0. The summed E-state index contributed by atoms with van der Waals surface area (Å²) >= 11 is 0. The molecule has 1 heterocycles. The molecule has 3 aromatic rings. The van der Waals surface area contributed by atoms with Gasteiger partial charge in [-0.3, -0.25) is 0 Å². The number of benzene rings is 2. The lowest BCUT2D eigenvalue weighted by Gasteiger charge is -2.13. The normalized spacial score (nSPS) is 12.5. The fraction of sp³-hybridized carbons (Fsp3) is 0.176. The largest absolute Gasteiger partial charge is 0.324 e. The van der Waals surface area contributed by atoms with Gasteiger partial charge in [-0.25, -0.2) is 9.97 Å². The minimum absolute atomic E-state index is 0.0506. The van der Waals surface area contributed by atoms with Crippen molar-refractivity contribution in [2.45, 2.75) is 19.4 Å². The van der Waals surface area contributed by atoms with Crippen LogP contribution in [0.4, 0.5) is 0 Å². The van der Waals surface area contributed by atoms with Crippen molar-refractivity contribution in [3.05, 3.63) is 71.5 Å². The minimum atomic E-state index is -0.0506. The summed E-state index contributed by atoms with van der Waals surface area (Å²) in [6.07, 6.45) is 0.702. The van der Waals surface area contributed by atoms with Crippen LogP contribution in [0.3, 0.4) is 0 Å². The van der Waals surface area contributed by atoms with Crippen LogP contribution in [0.15, 0.2) is 54.6 Å². The summed E-state index contributed by atoms with van der Waals surface area (Å²) in [7, 11) is 0. The van der Waals surface area contributed by atoms with Crippen LogP contribution in [0, 0.1) is 6.92 Å². The van der Waals surface area contributed by atoms with Gasteiger partial charge in [-0.15, -0.1) is 0 Å². The summed E-state index contributed by atoms with van der Waals surface area (Å²) < 4.78 is 0. The smallest absolute Gasteiger partial charge is 0.0890 e. The highest BCUT2D eigenvalue weighted by Crippen LogP contribution is 2.18. The zero-order valence-corrected chi connectivity index (χ0v) is 11.5. The van der Waals surface area contributed by atoms with Gasteiger partial charge in [0.1, 0.15) is 0 Å². The highest BCUT2D eigenvalue weighted by atomic mass is 14.8. The first kappa shape index (κ1) is 12.8. The lowest BCUT2D eigenvalue weighted by atomic mass is 10.0. The molecule has 0 spiro atoms. The lowest BCUT2D eigenvalue weighted by molar-refractivity contribution is 0.701. The molecule has 2 N–H and O–H groups in total. The molecule has 0 fully saturated rings. The van der Waals surface area contributed by atoms with E-state index in [1.807, 2.05) is 49.4 Å². The number of nitrogens with two attached hydrogens (primary N) is 1. The van der Waals surface area contributed by atoms with Gasteiger partial charge in [-0.05, 0) is 24.6 Å².